The highest BCUT2D eigenvalue weighted by molar-refractivity contribution is 7.15. The van der Waals surface area contributed by atoms with Crippen molar-refractivity contribution in [1.29, 1.82) is 0 Å². The van der Waals surface area contributed by atoms with Crippen LogP contribution in [0.3, 0.4) is 0 Å². The summed E-state index contributed by atoms with van der Waals surface area (Å²) in [6, 6.07) is 11.1. The maximum atomic E-state index is 13.8. The summed E-state index contributed by atoms with van der Waals surface area (Å²) >= 11 is 1.52. The number of likely N-dealkylation sites (tertiary alicyclic amines) is 1. The molecule has 10 heteroatoms. The molecule has 0 unspecified atom stereocenters. The van der Waals surface area contributed by atoms with E-state index in [0.717, 1.165) is 47.6 Å². The average molecular weight is 538 g/mol. The monoisotopic (exact) mass is 537 g/mol. The number of ether oxygens (including phenoxy) is 3. The Hall–Kier alpha value is -3.66. The van der Waals surface area contributed by atoms with Crippen LogP contribution in [0, 0.1) is 5.82 Å². The molecule has 0 spiro atoms. The molecule has 2 fully saturated rings. The fraction of sp³-hybridized carbons (Fsp3) is 0.393. The number of para-hydroxylation sites is 1. The number of carbonyl (C=O) groups is 2. The number of aromatic nitrogens is 1. The minimum atomic E-state index is -0.623. The number of benzene rings is 2. The van der Waals surface area contributed by atoms with Gasteiger partial charge in [-0.25, -0.2) is 14.2 Å². The third-order valence-corrected chi connectivity index (χ3v) is 8.25. The SMILES string of the molecule is O=C(NC[C@@H]1CCCCN1C(=O)c1nc(C2CC2)sc1-c1ccc(F)cc1)Oc1cccc2c1OCCO2. The lowest BCUT2D eigenvalue weighted by atomic mass is 10.0. The van der Waals surface area contributed by atoms with Gasteiger partial charge < -0.3 is 24.4 Å². The van der Waals surface area contributed by atoms with Crippen molar-refractivity contribution in [3.8, 4) is 27.7 Å². The Morgan fingerprint density at radius 1 is 1.08 bits per heavy atom. The third kappa shape index (κ3) is 5.18. The molecule has 2 aromatic carbocycles. The van der Waals surface area contributed by atoms with Crippen molar-refractivity contribution >= 4 is 23.3 Å². The van der Waals surface area contributed by atoms with Gasteiger partial charge in [-0.1, -0.05) is 18.2 Å². The molecule has 8 nitrogen and oxygen atoms in total. The van der Waals surface area contributed by atoms with Crippen molar-refractivity contribution in [3.63, 3.8) is 0 Å². The predicted molar refractivity (Wildman–Crippen MR) is 140 cm³/mol. The molecule has 2 aliphatic heterocycles. The number of piperidine rings is 1. The number of carbonyl (C=O) groups excluding carboxylic acids is 2. The maximum absolute atomic E-state index is 13.8. The van der Waals surface area contributed by atoms with Crippen LogP contribution in [0.25, 0.3) is 10.4 Å². The number of rotatable bonds is 6. The minimum absolute atomic E-state index is 0.157. The number of halogens is 1. The zero-order chi connectivity index (χ0) is 26.1. The summed E-state index contributed by atoms with van der Waals surface area (Å²) in [5, 5.41) is 3.78. The summed E-state index contributed by atoms with van der Waals surface area (Å²) in [6.45, 7) is 1.66. The highest BCUT2D eigenvalue weighted by atomic mass is 32.1. The van der Waals surface area contributed by atoms with E-state index >= 15 is 0 Å². The summed E-state index contributed by atoms with van der Waals surface area (Å²) in [5.74, 6) is 1.15. The maximum Gasteiger partial charge on any atom is 0.412 e. The average Bonchev–Trinajstić information content (AvgIpc) is 3.71. The summed E-state index contributed by atoms with van der Waals surface area (Å²) in [6.07, 6.45) is 4.12. The number of fused-ring (bicyclic) bond motifs is 1. The molecule has 0 radical (unpaired) electrons. The second-order valence-corrected chi connectivity index (χ2v) is 10.7. The van der Waals surface area contributed by atoms with Gasteiger partial charge in [0, 0.05) is 25.0 Å². The molecule has 3 aromatic rings. The van der Waals surface area contributed by atoms with Crippen molar-refractivity contribution < 1.29 is 28.2 Å². The van der Waals surface area contributed by atoms with Gasteiger partial charge in [0.05, 0.1) is 9.88 Å². The second-order valence-electron chi connectivity index (χ2n) is 9.71. The summed E-state index contributed by atoms with van der Waals surface area (Å²) in [4.78, 5) is 33.9. The van der Waals surface area contributed by atoms with Crippen LogP contribution in [0.15, 0.2) is 42.5 Å². The van der Waals surface area contributed by atoms with Gasteiger partial charge in [-0.15, -0.1) is 11.3 Å². The van der Waals surface area contributed by atoms with Gasteiger partial charge in [0.15, 0.2) is 11.5 Å². The molecule has 1 N–H and O–H groups in total. The fourth-order valence-electron chi connectivity index (χ4n) is 4.86. The van der Waals surface area contributed by atoms with E-state index in [9.17, 15) is 14.0 Å². The molecule has 1 saturated carbocycles. The van der Waals surface area contributed by atoms with Crippen LogP contribution in [0.5, 0.6) is 17.2 Å². The van der Waals surface area contributed by atoms with Crippen LogP contribution in [-0.2, 0) is 0 Å². The lowest BCUT2D eigenvalue weighted by Crippen LogP contribution is -2.50. The first-order chi connectivity index (χ1) is 18.6. The second kappa shape index (κ2) is 10.6. The lowest BCUT2D eigenvalue weighted by Gasteiger charge is -2.35. The first kappa shape index (κ1) is 24.7. The van der Waals surface area contributed by atoms with Crippen LogP contribution < -0.4 is 19.5 Å². The molecule has 198 valence electrons. The van der Waals surface area contributed by atoms with Crippen LogP contribution in [-0.4, -0.2) is 54.2 Å². The quantitative estimate of drug-likeness (QED) is 0.454. The van der Waals surface area contributed by atoms with E-state index in [-0.39, 0.29) is 30.1 Å². The van der Waals surface area contributed by atoms with E-state index in [4.69, 9.17) is 19.2 Å². The lowest BCUT2D eigenvalue weighted by molar-refractivity contribution is 0.0607. The van der Waals surface area contributed by atoms with Crippen molar-refractivity contribution in [2.75, 3.05) is 26.3 Å². The highest BCUT2D eigenvalue weighted by Gasteiger charge is 2.34. The molecule has 1 atom stereocenters. The Kier molecular flexibility index (Phi) is 6.88. The molecule has 2 amide bonds. The van der Waals surface area contributed by atoms with Crippen LogP contribution >= 0.6 is 11.3 Å². The van der Waals surface area contributed by atoms with Crippen molar-refractivity contribution in [2.24, 2.45) is 0 Å². The first-order valence-electron chi connectivity index (χ1n) is 13.0. The summed E-state index contributed by atoms with van der Waals surface area (Å²) in [5.41, 5.74) is 1.19. The van der Waals surface area contributed by atoms with Crippen molar-refractivity contribution in [2.45, 2.75) is 44.1 Å². The largest absolute Gasteiger partial charge is 0.486 e. The molecular weight excluding hydrogens is 509 g/mol. The Labute approximate surface area is 223 Å². The number of amides is 2. The Bertz CT molecular complexity index is 1340. The van der Waals surface area contributed by atoms with Gasteiger partial charge >= 0.3 is 6.09 Å². The fourth-order valence-corrected chi connectivity index (χ4v) is 6.10. The van der Waals surface area contributed by atoms with E-state index in [1.807, 2.05) is 4.90 Å². The van der Waals surface area contributed by atoms with Gasteiger partial charge in [-0.05, 0) is 61.9 Å². The Morgan fingerprint density at radius 2 is 1.89 bits per heavy atom. The van der Waals surface area contributed by atoms with Gasteiger partial charge in [0.2, 0.25) is 5.75 Å². The molecule has 3 aliphatic rings. The minimum Gasteiger partial charge on any atom is -0.486 e. The number of nitrogens with zero attached hydrogens (tertiary/aromatic N) is 2. The van der Waals surface area contributed by atoms with Crippen LogP contribution in [0.2, 0.25) is 0 Å². The third-order valence-electron chi connectivity index (χ3n) is 6.98. The van der Waals surface area contributed by atoms with Crippen molar-refractivity contribution in [1.82, 2.24) is 15.2 Å². The topological polar surface area (TPSA) is 90.0 Å². The zero-order valence-electron chi connectivity index (χ0n) is 20.8. The zero-order valence-corrected chi connectivity index (χ0v) is 21.6. The van der Waals surface area contributed by atoms with E-state index in [1.165, 1.54) is 23.5 Å². The Morgan fingerprint density at radius 3 is 2.71 bits per heavy atom. The van der Waals surface area contributed by atoms with E-state index in [2.05, 4.69) is 5.32 Å². The number of hydrogen-bond acceptors (Lipinski definition) is 7. The normalized spacial score (nSPS) is 18.7. The summed E-state index contributed by atoms with van der Waals surface area (Å²) in [7, 11) is 0. The smallest absolute Gasteiger partial charge is 0.412 e. The molecule has 1 saturated heterocycles. The molecule has 1 aliphatic carbocycles. The first-order valence-corrected chi connectivity index (χ1v) is 13.8. The van der Waals surface area contributed by atoms with Crippen LogP contribution in [0.1, 0.15) is 53.5 Å². The van der Waals surface area contributed by atoms with Crippen LogP contribution in [0.4, 0.5) is 9.18 Å². The van der Waals surface area contributed by atoms with Gasteiger partial charge in [0.25, 0.3) is 5.91 Å². The molecular formula is C28H28FN3O5S. The highest BCUT2D eigenvalue weighted by Crippen LogP contribution is 2.45. The molecule has 6 rings (SSSR count). The molecule has 38 heavy (non-hydrogen) atoms. The molecule has 0 bridgehead atoms. The van der Waals surface area contributed by atoms with E-state index < -0.39 is 6.09 Å². The van der Waals surface area contributed by atoms with Gasteiger partial charge in [-0.3, -0.25) is 4.79 Å². The predicted octanol–water partition coefficient (Wildman–Crippen LogP) is 5.38. The van der Waals surface area contributed by atoms with E-state index in [1.54, 1.807) is 30.3 Å². The number of nitrogens with one attached hydrogen (secondary N) is 1. The number of hydrogen-bond donors (Lipinski definition) is 1. The molecule has 3 heterocycles. The van der Waals surface area contributed by atoms with Crippen molar-refractivity contribution in [3.05, 3.63) is 59.0 Å². The summed E-state index contributed by atoms with van der Waals surface area (Å²) < 4.78 is 30.2. The van der Waals surface area contributed by atoms with E-state index in [0.29, 0.717) is 42.9 Å². The standard InChI is InChI=1S/C28H28FN3O5S/c29-19-11-9-17(10-12-19)25-23(31-26(38-25)18-7-8-18)27(33)32-13-2-1-4-20(32)16-30-28(34)37-22-6-3-5-21-24(22)36-15-14-35-21/h3,5-6,9-12,18,20H,1-2,4,7-8,13-16H2,(H,30,34)/t20-/m0/s1. The number of thiazole rings is 1. The van der Waals surface area contributed by atoms with Gasteiger partial charge in [0.1, 0.15) is 24.7 Å². The van der Waals surface area contributed by atoms with Gasteiger partial charge in [-0.2, -0.15) is 0 Å². The molecule has 1 aromatic heterocycles. The Balaban J connectivity index is 1.17.